The second-order valence-electron chi connectivity index (χ2n) is 5.15. The molecule has 0 bridgehead atoms. The van der Waals surface area contributed by atoms with Crippen molar-refractivity contribution >= 4 is 17.6 Å². The summed E-state index contributed by atoms with van der Waals surface area (Å²) in [6.45, 7) is 1.38. The predicted octanol–water partition coefficient (Wildman–Crippen LogP) is 0.200. The summed E-state index contributed by atoms with van der Waals surface area (Å²) < 4.78 is 16.1. The molecule has 23 heavy (non-hydrogen) atoms. The van der Waals surface area contributed by atoms with Gasteiger partial charge in [0, 0.05) is 24.8 Å². The highest BCUT2D eigenvalue weighted by molar-refractivity contribution is 5.93. The number of carbonyl (C=O) groups excluding carboxylic acids is 2. The number of nitrogens with one attached hydrogen (secondary N) is 1. The minimum atomic E-state index is -1.55. The van der Waals surface area contributed by atoms with E-state index in [4.69, 9.17) is 14.2 Å². The standard InChI is InChI=1S/C15H17N3O5/c1-21-12-7-11(8-17-9-12)18-6-2-5-16-10-15(18)22-13(19)3-4-14(20)23-15/h3-4,7-9,16H,2,5-6,10H2,1H3. The van der Waals surface area contributed by atoms with E-state index < -0.39 is 17.8 Å². The molecule has 3 rings (SSSR count). The lowest BCUT2D eigenvalue weighted by molar-refractivity contribution is -0.217. The summed E-state index contributed by atoms with van der Waals surface area (Å²) in [5.74, 6) is -2.28. The van der Waals surface area contributed by atoms with Crippen molar-refractivity contribution in [1.82, 2.24) is 10.3 Å². The van der Waals surface area contributed by atoms with Crippen molar-refractivity contribution in [3.05, 3.63) is 30.6 Å². The molecule has 2 aliphatic rings. The molecule has 1 saturated heterocycles. The molecule has 0 amide bonds. The van der Waals surface area contributed by atoms with Gasteiger partial charge >= 0.3 is 17.8 Å². The molecular weight excluding hydrogens is 302 g/mol. The lowest BCUT2D eigenvalue weighted by Crippen LogP contribution is -2.58. The minimum absolute atomic E-state index is 0.156. The molecule has 0 atom stereocenters. The van der Waals surface area contributed by atoms with Crippen LogP contribution in [-0.4, -0.2) is 49.6 Å². The molecule has 122 valence electrons. The van der Waals surface area contributed by atoms with Crippen LogP contribution in [0.3, 0.4) is 0 Å². The van der Waals surface area contributed by atoms with E-state index in [0.717, 1.165) is 18.6 Å². The van der Waals surface area contributed by atoms with E-state index in [2.05, 4.69) is 10.3 Å². The van der Waals surface area contributed by atoms with Crippen LogP contribution in [-0.2, 0) is 19.1 Å². The number of carbonyl (C=O) groups is 2. The molecule has 0 aliphatic carbocycles. The molecule has 1 aromatic heterocycles. The summed E-state index contributed by atoms with van der Waals surface area (Å²) in [6, 6.07) is 1.75. The van der Waals surface area contributed by atoms with Crippen molar-refractivity contribution in [2.45, 2.75) is 12.3 Å². The quantitative estimate of drug-likeness (QED) is 0.773. The van der Waals surface area contributed by atoms with E-state index in [1.54, 1.807) is 23.4 Å². The molecular formula is C15H17N3O5. The topological polar surface area (TPSA) is 90.0 Å². The number of pyridine rings is 1. The van der Waals surface area contributed by atoms with Gasteiger partial charge in [-0.25, -0.2) is 9.59 Å². The van der Waals surface area contributed by atoms with E-state index in [1.165, 1.54) is 7.11 Å². The number of anilines is 1. The van der Waals surface area contributed by atoms with Crippen LogP contribution >= 0.6 is 0 Å². The first-order valence-corrected chi connectivity index (χ1v) is 7.24. The molecule has 8 heteroatoms. The molecule has 3 heterocycles. The Hall–Kier alpha value is -2.61. The van der Waals surface area contributed by atoms with E-state index in [1.807, 2.05) is 0 Å². The highest BCUT2D eigenvalue weighted by Gasteiger charge is 2.47. The van der Waals surface area contributed by atoms with Crippen molar-refractivity contribution in [2.75, 3.05) is 31.6 Å². The fourth-order valence-corrected chi connectivity index (χ4v) is 2.59. The monoisotopic (exact) mass is 319 g/mol. The Morgan fingerprint density at radius 1 is 1.26 bits per heavy atom. The Morgan fingerprint density at radius 3 is 2.70 bits per heavy atom. The van der Waals surface area contributed by atoms with Crippen LogP contribution in [0.5, 0.6) is 5.75 Å². The van der Waals surface area contributed by atoms with Crippen LogP contribution in [0.4, 0.5) is 5.69 Å². The molecule has 8 nitrogen and oxygen atoms in total. The van der Waals surface area contributed by atoms with Crippen LogP contribution < -0.4 is 15.0 Å². The SMILES string of the molecule is COc1cncc(N2CCCNCC23OC(=O)C=CC(=O)O3)c1. The summed E-state index contributed by atoms with van der Waals surface area (Å²) in [5, 5.41) is 3.13. The van der Waals surface area contributed by atoms with Crippen molar-refractivity contribution in [3.8, 4) is 5.75 Å². The van der Waals surface area contributed by atoms with Crippen molar-refractivity contribution in [1.29, 1.82) is 0 Å². The van der Waals surface area contributed by atoms with Crippen LogP contribution in [0.15, 0.2) is 30.6 Å². The summed E-state index contributed by atoms with van der Waals surface area (Å²) >= 11 is 0. The summed E-state index contributed by atoms with van der Waals surface area (Å²) in [6.07, 6.45) is 6.07. The largest absolute Gasteiger partial charge is 0.495 e. The maximum atomic E-state index is 11.9. The molecule has 1 fully saturated rings. The Bertz CT molecular complexity index is 626. The Balaban J connectivity index is 2.03. The number of aromatic nitrogens is 1. The highest BCUT2D eigenvalue weighted by atomic mass is 16.8. The molecule has 1 N–H and O–H groups in total. The summed E-state index contributed by atoms with van der Waals surface area (Å²) in [7, 11) is 1.54. The first kappa shape index (κ1) is 15.3. The Morgan fingerprint density at radius 2 is 2.00 bits per heavy atom. The number of methoxy groups -OCH3 is 1. The third kappa shape index (κ3) is 3.11. The maximum absolute atomic E-state index is 11.9. The normalized spacial score (nSPS) is 20.5. The molecule has 0 aromatic carbocycles. The van der Waals surface area contributed by atoms with E-state index >= 15 is 0 Å². The van der Waals surface area contributed by atoms with Gasteiger partial charge in [-0.1, -0.05) is 0 Å². The van der Waals surface area contributed by atoms with Gasteiger partial charge in [0.2, 0.25) is 0 Å². The second kappa shape index (κ2) is 6.25. The summed E-state index contributed by atoms with van der Waals surface area (Å²) in [4.78, 5) is 29.6. The van der Waals surface area contributed by atoms with Gasteiger partial charge in [-0.3, -0.25) is 9.88 Å². The maximum Gasteiger partial charge on any atom is 0.356 e. The summed E-state index contributed by atoms with van der Waals surface area (Å²) in [5.41, 5.74) is 0.635. The molecule has 1 spiro atoms. The zero-order valence-corrected chi connectivity index (χ0v) is 12.7. The average molecular weight is 319 g/mol. The van der Waals surface area contributed by atoms with E-state index in [9.17, 15) is 9.59 Å². The van der Waals surface area contributed by atoms with Gasteiger partial charge < -0.3 is 19.5 Å². The first-order chi connectivity index (χ1) is 11.1. The van der Waals surface area contributed by atoms with E-state index in [-0.39, 0.29) is 6.54 Å². The Labute approximate surface area is 133 Å². The number of esters is 2. The number of nitrogens with zero attached hydrogens (tertiary/aromatic N) is 2. The van der Waals surface area contributed by atoms with Crippen molar-refractivity contribution in [3.63, 3.8) is 0 Å². The lowest BCUT2D eigenvalue weighted by atomic mass is 10.3. The zero-order chi connectivity index (χ0) is 16.3. The zero-order valence-electron chi connectivity index (χ0n) is 12.7. The molecule has 1 aromatic rings. The molecule has 0 saturated carbocycles. The van der Waals surface area contributed by atoms with Crippen LogP contribution in [0.1, 0.15) is 6.42 Å². The van der Waals surface area contributed by atoms with E-state index in [0.29, 0.717) is 24.5 Å². The molecule has 2 aliphatic heterocycles. The highest BCUT2D eigenvalue weighted by Crippen LogP contribution is 2.31. The number of ether oxygens (including phenoxy) is 3. The van der Waals surface area contributed by atoms with Crippen molar-refractivity contribution < 1.29 is 23.8 Å². The minimum Gasteiger partial charge on any atom is -0.495 e. The van der Waals surface area contributed by atoms with Crippen LogP contribution in [0, 0.1) is 0 Å². The molecule has 0 unspecified atom stereocenters. The van der Waals surface area contributed by atoms with Gasteiger partial charge in [0.25, 0.3) is 0 Å². The number of hydrogen-bond acceptors (Lipinski definition) is 8. The van der Waals surface area contributed by atoms with Gasteiger partial charge in [-0.15, -0.1) is 0 Å². The second-order valence-corrected chi connectivity index (χ2v) is 5.15. The predicted molar refractivity (Wildman–Crippen MR) is 79.7 cm³/mol. The lowest BCUT2D eigenvalue weighted by Gasteiger charge is -2.40. The van der Waals surface area contributed by atoms with Crippen molar-refractivity contribution in [2.24, 2.45) is 0 Å². The first-order valence-electron chi connectivity index (χ1n) is 7.24. The van der Waals surface area contributed by atoms with Crippen LogP contribution in [0.25, 0.3) is 0 Å². The van der Waals surface area contributed by atoms with Gasteiger partial charge in [-0.2, -0.15) is 0 Å². The van der Waals surface area contributed by atoms with Gasteiger partial charge in [0.1, 0.15) is 5.75 Å². The Kier molecular flexibility index (Phi) is 4.16. The fourth-order valence-electron chi connectivity index (χ4n) is 2.59. The number of hydrogen-bond donors (Lipinski definition) is 1. The van der Waals surface area contributed by atoms with Crippen LogP contribution in [0.2, 0.25) is 0 Å². The van der Waals surface area contributed by atoms with Gasteiger partial charge in [0.05, 0.1) is 31.7 Å². The fraction of sp³-hybridized carbons (Fsp3) is 0.400. The smallest absolute Gasteiger partial charge is 0.356 e. The third-order valence-electron chi connectivity index (χ3n) is 3.62. The molecule has 0 radical (unpaired) electrons. The van der Waals surface area contributed by atoms with Gasteiger partial charge in [0.15, 0.2) is 0 Å². The average Bonchev–Trinajstić information content (AvgIpc) is 2.83. The number of rotatable bonds is 2. The van der Waals surface area contributed by atoms with Gasteiger partial charge in [-0.05, 0) is 13.0 Å². The third-order valence-corrected chi connectivity index (χ3v) is 3.62.